The van der Waals surface area contributed by atoms with Gasteiger partial charge in [-0.2, -0.15) is 0 Å². The van der Waals surface area contributed by atoms with Gasteiger partial charge < -0.3 is 14.2 Å². The first-order valence-electron chi connectivity index (χ1n) is 8.65. The van der Waals surface area contributed by atoms with Crippen LogP contribution in [0.5, 0.6) is 5.75 Å². The molecule has 29 heavy (non-hydrogen) atoms. The zero-order chi connectivity index (χ0) is 21.2. The molecule has 0 saturated carbocycles. The SMILES string of the molecule is O=C(CCCCCN1C(=O)C=CC1=O)OCOC(=O)Oc1ccc([N+](=O)[O-])cc1. The molecule has 11 heteroatoms. The Hall–Kier alpha value is -3.76. The summed E-state index contributed by atoms with van der Waals surface area (Å²) in [5.74, 6) is -1.22. The monoisotopic (exact) mass is 406 g/mol. The fourth-order valence-corrected chi connectivity index (χ4v) is 2.34. The zero-order valence-electron chi connectivity index (χ0n) is 15.3. The Bertz CT molecular complexity index is 799. The van der Waals surface area contributed by atoms with Crippen LogP contribution in [-0.4, -0.2) is 47.1 Å². The number of nitrogens with zero attached hydrogens (tertiary/aromatic N) is 2. The number of hydrogen-bond acceptors (Lipinski definition) is 9. The van der Waals surface area contributed by atoms with Gasteiger partial charge in [-0.05, 0) is 25.0 Å². The number of hydrogen-bond donors (Lipinski definition) is 0. The van der Waals surface area contributed by atoms with Gasteiger partial charge >= 0.3 is 12.1 Å². The second kappa shape index (κ2) is 10.5. The summed E-state index contributed by atoms with van der Waals surface area (Å²) in [4.78, 5) is 56.8. The van der Waals surface area contributed by atoms with Crippen molar-refractivity contribution in [1.29, 1.82) is 0 Å². The van der Waals surface area contributed by atoms with E-state index in [1.54, 1.807) is 0 Å². The molecule has 0 unspecified atom stereocenters. The number of ether oxygens (including phenoxy) is 3. The van der Waals surface area contributed by atoms with Crippen molar-refractivity contribution in [3.8, 4) is 5.75 Å². The summed E-state index contributed by atoms with van der Waals surface area (Å²) < 4.78 is 14.1. The van der Waals surface area contributed by atoms with Crippen molar-refractivity contribution < 1.29 is 38.3 Å². The number of amides is 2. The lowest BCUT2D eigenvalue weighted by Gasteiger charge is -2.12. The van der Waals surface area contributed by atoms with Gasteiger partial charge in [-0.25, -0.2) is 4.79 Å². The number of nitro benzene ring substituents is 1. The minimum absolute atomic E-state index is 0.0390. The van der Waals surface area contributed by atoms with Crippen LogP contribution in [0.15, 0.2) is 36.4 Å². The summed E-state index contributed by atoms with van der Waals surface area (Å²) in [6.45, 7) is -0.343. The van der Waals surface area contributed by atoms with Crippen LogP contribution in [0, 0.1) is 10.1 Å². The summed E-state index contributed by atoms with van der Waals surface area (Å²) >= 11 is 0. The van der Waals surface area contributed by atoms with Crippen molar-refractivity contribution in [3.63, 3.8) is 0 Å². The highest BCUT2D eigenvalue weighted by atomic mass is 16.8. The maximum atomic E-state index is 11.6. The molecule has 1 aliphatic heterocycles. The second-order valence-electron chi connectivity index (χ2n) is 5.85. The molecule has 0 radical (unpaired) electrons. The Morgan fingerprint density at radius 1 is 0.966 bits per heavy atom. The van der Waals surface area contributed by atoms with Gasteiger partial charge in [-0.1, -0.05) is 6.42 Å². The lowest BCUT2D eigenvalue weighted by molar-refractivity contribution is -0.384. The van der Waals surface area contributed by atoms with Gasteiger partial charge in [0.25, 0.3) is 17.5 Å². The summed E-state index contributed by atoms with van der Waals surface area (Å²) in [6.07, 6.45) is 3.04. The summed E-state index contributed by atoms with van der Waals surface area (Å²) in [5, 5.41) is 10.5. The van der Waals surface area contributed by atoms with Gasteiger partial charge in [0.05, 0.1) is 4.92 Å². The topological polar surface area (TPSA) is 142 Å². The van der Waals surface area contributed by atoms with Crippen LogP contribution in [0.25, 0.3) is 0 Å². The normalized spacial score (nSPS) is 12.8. The van der Waals surface area contributed by atoms with Crippen LogP contribution in [0.2, 0.25) is 0 Å². The molecule has 0 saturated heterocycles. The van der Waals surface area contributed by atoms with Crippen LogP contribution >= 0.6 is 0 Å². The quantitative estimate of drug-likeness (QED) is 0.108. The Balaban J connectivity index is 1.53. The molecule has 2 rings (SSSR count). The first kappa shape index (κ1) is 21.5. The van der Waals surface area contributed by atoms with Crippen LogP contribution in [0.1, 0.15) is 25.7 Å². The van der Waals surface area contributed by atoms with E-state index in [1.807, 2.05) is 0 Å². The van der Waals surface area contributed by atoms with Crippen LogP contribution in [0.4, 0.5) is 10.5 Å². The molecule has 0 spiro atoms. The number of non-ortho nitro benzene ring substituents is 1. The minimum atomic E-state index is -1.12. The van der Waals surface area contributed by atoms with Crippen LogP contribution in [0.3, 0.4) is 0 Å². The Labute approximate surface area is 165 Å². The fourth-order valence-electron chi connectivity index (χ4n) is 2.34. The largest absolute Gasteiger partial charge is 0.516 e. The van der Waals surface area contributed by atoms with Crippen molar-refractivity contribution in [1.82, 2.24) is 4.90 Å². The molecule has 0 N–H and O–H groups in total. The number of imide groups is 1. The third kappa shape index (κ3) is 7.05. The van der Waals surface area contributed by atoms with E-state index in [0.29, 0.717) is 19.3 Å². The Kier molecular flexibility index (Phi) is 7.83. The molecule has 1 aromatic carbocycles. The molecule has 154 valence electrons. The van der Waals surface area contributed by atoms with Gasteiger partial charge in [-0.3, -0.25) is 29.4 Å². The average molecular weight is 406 g/mol. The van der Waals surface area contributed by atoms with Crippen molar-refractivity contribution in [2.75, 3.05) is 13.3 Å². The van der Waals surface area contributed by atoms with E-state index in [4.69, 9.17) is 9.47 Å². The van der Waals surface area contributed by atoms with Crippen molar-refractivity contribution in [3.05, 3.63) is 46.5 Å². The molecule has 2 amide bonds. The van der Waals surface area contributed by atoms with Crippen LogP contribution < -0.4 is 4.74 Å². The number of unbranched alkanes of at least 4 members (excludes halogenated alkanes) is 2. The number of benzene rings is 1. The third-order valence-corrected chi connectivity index (χ3v) is 3.81. The van der Waals surface area contributed by atoms with Gasteiger partial charge in [0.15, 0.2) is 0 Å². The molecule has 0 aromatic heterocycles. The molecule has 0 aliphatic carbocycles. The molecule has 0 fully saturated rings. The second-order valence-corrected chi connectivity index (χ2v) is 5.85. The van der Waals surface area contributed by atoms with Crippen molar-refractivity contribution >= 4 is 29.6 Å². The van der Waals surface area contributed by atoms with E-state index in [0.717, 1.165) is 17.0 Å². The lowest BCUT2D eigenvalue weighted by atomic mass is 10.2. The molecule has 0 bridgehead atoms. The fraction of sp³-hybridized carbons (Fsp3) is 0.333. The first-order valence-corrected chi connectivity index (χ1v) is 8.65. The summed E-state index contributed by atoms with van der Waals surface area (Å²) in [6, 6.07) is 4.78. The minimum Gasteiger partial charge on any atom is -0.428 e. The molecule has 0 atom stereocenters. The number of carbonyl (C=O) groups excluding carboxylic acids is 4. The molecule has 1 aromatic rings. The summed E-state index contributed by atoms with van der Waals surface area (Å²) in [7, 11) is 0. The van der Waals surface area contributed by atoms with E-state index in [-0.39, 0.29) is 36.2 Å². The van der Waals surface area contributed by atoms with Crippen LogP contribution in [-0.2, 0) is 23.9 Å². The zero-order valence-corrected chi connectivity index (χ0v) is 15.3. The molecule has 1 heterocycles. The molecule has 11 nitrogen and oxygen atoms in total. The third-order valence-electron chi connectivity index (χ3n) is 3.81. The van der Waals surface area contributed by atoms with Gasteiger partial charge in [0.1, 0.15) is 5.75 Å². The van der Waals surface area contributed by atoms with Gasteiger partial charge in [0.2, 0.25) is 6.79 Å². The molecule has 1 aliphatic rings. The number of esters is 1. The number of carbonyl (C=O) groups is 4. The van der Waals surface area contributed by atoms with E-state index < -0.39 is 23.8 Å². The number of nitro groups is 1. The lowest BCUT2D eigenvalue weighted by Crippen LogP contribution is -2.30. The molecular formula is C18H18N2O9. The van der Waals surface area contributed by atoms with E-state index in [9.17, 15) is 29.3 Å². The maximum Gasteiger partial charge on any atom is 0.516 e. The maximum absolute atomic E-state index is 11.6. The average Bonchev–Trinajstić information content (AvgIpc) is 3.00. The summed E-state index contributed by atoms with van der Waals surface area (Å²) in [5.41, 5.74) is -0.157. The highest BCUT2D eigenvalue weighted by molar-refractivity contribution is 6.12. The first-order chi connectivity index (χ1) is 13.9. The highest BCUT2D eigenvalue weighted by Crippen LogP contribution is 2.17. The van der Waals surface area contributed by atoms with Gasteiger partial charge in [0, 0.05) is 37.3 Å². The predicted molar refractivity (Wildman–Crippen MR) is 95.5 cm³/mol. The standard InChI is InChI=1S/C18H18N2O9/c21-15-9-10-16(22)19(15)11-3-1-2-4-17(23)27-12-28-18(24)29-14-7-5-13(6-8-14)20(25)26/h5-10H,1-4,11-12H2. The van der Waals surface area contributed by atoms with Crippen molar-refractivity contribution in [2.24, 2.45) is 0 Å². The van der Waals surface area contributed by atoms with E-state index >= 15 is 0 Å². The Morgan fingerprint density at radius 3 is 2.24 bits per heavy atom. The molecular weight excluding hydrogens is 388 g/mol. The smallest absolute Gasteiger partial charge is 0.428 e. The highest BCUT2D eigenvalue weighted by Gasteiger charge is 2.22. The predicted octanol–water partition coefficient (Wildman–Crippen LogP) is 2.10. The van der Waals surface area contributed by atoms with E-state index in [2.05, 4.69) is 4.74 Å². The van der Waals surface area contributed by atoms with Crippen molar-refractivity contribution in [2.45, 2.75) is 25.7 Å². The van der Waals surface area contributed by atoms with E-state index in [1.165, 1.54) is 24.3 Å². The Morgan fingerprint density at radius 2 is 1.62 bits per heavy atom. The van der Waals surface area contributed by atoms with Gasteiger partial charge in [-0.15, -0.1) is 0 Å². The number of rotatable bonds is 10.